The van der Waals surface area contributed by atoms with Crippen LogP contribution in [0, 0.1) is 13.8 Å². The van der Waals surface area contributed by atoms with Crippen LogP contribution in [0.4, 0.5) is 5.13 Å². The van der Waals surface area contributed by atoms with Gasteiger partial charge in [-0.3, -0.25) is 5.43 Å². The molecule has 1 aromatic heterocycles. The Kier molecular flexibility index (Phi) is 4.30. The first-order chi connectivity index (χ1) is 10.7. The number of rotatable bonds is 4. The maximum absolute atomic E-state index is 4.63. The van der Waals surface area contributed by atoms with Gasteiger partial charge in [0.15, 0.2) is 0 Å². The first-order valence-electron chi connectivity index (χ1n) is 7.11. The van der Waals surface area contributed by atoms with Crippen molar-refractivity contribution in [3.8, 4) is 11.3 Å². The van der Waals surface area contributed by atoms with Crippen molar-refractivity contribution in [3.05, 3.63) is 70.6 Å². The summed E-state index contributed by atoms with van der Waals surface area (Å²) in [5.74, 6) is 0. The van der Waals surface area contributed by atoms with Gasteiger partial charge in [0.1, 0.15) is 0 Å². The minimum absolute atomic E-state index is 0.807. The number of aromatic nitrogens is 1. The van der Waals surface area contributed by atoms with Crippen molar-refractivity contribution in [2.45, 2.75) is 13.8 Å². The zero-order valence-corrected chi connectivity index (χ0v) is 13.4. The van der Waals surface area contributed by atoms with E-state index in [2.05, 4.69) is 47.6 Å². The van der Waals surface area contributed by atoms with E-state index >= 15 is 0 Å². The quantitative estimate of drug-likeness (QED) is 0.551. The number of benzene rings is 2. The number of hydrogen-bond donors (Lipinski definition) is 1. The molecule has 4 heteroatoms. The SMILES string of the molecule is Cc1ccccc1/C=N\Nc1nc(-c2ccccc2)c(C)s1. The van der Waals surface area contributed by atoms with Crippen molar-refractivity contribution in [1.29, 1.82) is 0 Å². The molecule has 0 fully saturated rings. The molecule has 0 aliphatic rings. The van der Waals surface area contributed by atoms with Crippen molar-refractivity contribution in [3.63, 3.8) is 0 Å². The third-order valence-electron chi connectivity index (χ3n) is 3.40. The highest BCUT2D eigenvalue weighted by Crippen LogP contribution is 2.30. The number of nitrogens with zero attached hydrogens (tertiary/aromatic N) is 2. The van der Waals surface area contributed by atoms with Crippen LogP contribution in [-0.4, -0.2) is 11.2 Å². The minimum atomic E-state index is 0.807. The molecule has 3 rings (SSSR count). The zero-order valence-electron chi connectivity index (χ0n) is 12.6. The van der Waals surface area contributed by atoms with Crippen LogP contribution in [0.1, 0.15) is 16.0 Å². The van der Waals surface area contributed by atoms with Crippen LogP contribution < -0.4 is 5.43 Å². The summed E-state index contributed by atoms with van der Waals surface area (Å²) in [5, 5.41) is 5.10. The molecule has 2 aromatic carbocycles. The van der Waals surface area contributed by atoms with E-state index in [4.69, 9.17) is 0 Å². The minimum Gasteiger partial charge on any atom is -0.253 e. The molecule has 0 unspecified atom stereocenters. The van der Waals surface area contributed by atoms with E-state index in [1.807, 2.05) is 42.6 Å². The third kappa shape index (κ3) is 3.23. The lowest BCUT2D eigenvalue weighted by atomic mass is 10.1. The number of hydrazone groups is 1. The van der Waals surface area contributed by atoms with Gasteiger partial charge in [-0.1, -0.05) is 54.6 Å². The molecule has 0 atom stereocenters. The number of nitrogens with one attached hydrogen (secondary N) is 1. The van der Waals surface area contributed by atoms with Crippen LogP contribution in [0.2, 0.25) is 0 Å². The summed E-state index contributed by atoms with van der Waals surface area (Å²) in [6.07, 6.45) is 1.83. The molecule has 0 saturated heterocycles. The Morgan fingerprint density at radius 2 is 1.73 bits per heavy atom. The summed E-state index contributed by atoms with van der Waals surface area (Å²) in [5.41, 5.74) is 7.48. The van der Waals surface area contributed by atoms with E-state index < -0.39 is 0 Å². The van der Waals surface area contributed by atoms with E-state index in [9.17, 15) is 0 Å². The Hall–Kier alpha value is -2.46. The molecule has 3 aromatic rings. The Balaban J connectivity index is 1.76. The Morgan fingerprint density at radius 1 is 1.00 bits per heavy atom. The summed E-state index contributed by atoms with van der Waals surface area (Å²) in [6, 6.07) is 18.4. The van der Waals surface area contributed by atoms with E-state index in [-0.39, 0.29) is 0 Å². The predicted octanol–water partition coefficient (Wildman–Crippen LogP) is 4.87. The monoisotopic (exact) mass is 307 g/mol. The molecule has 1 heterocycles. The number of thiazole rings is 1. The fourth-order valence-electron chi connectivity index (χ4n) is 2.20. The van der Waals surface area contributed by atoms with Gasteiger partial charge in [0.2, 0.25) is 5.13 Å². The molecule has 22 heavy (non-hydrogen) atoms. The molecule has 1 N–H and O–H groups in total. The number of anilines is 1. The zero-order chi connectivity index (χ0) is 15.4. The van der Waals surface area contributed by atoms with Gasteiger partial charge in [-0.05, 0) is 25.0 Å². The third-order valence-corrected chi connectivity index (χ3v) is 4.27. The molecule has 0 amide bonds. The molecule has 0 aliphatic heterocycles. The molecular weight excluding hydrogens is 290 g/mol. The second-order valence-corrected chi connectivity index (χ2v) is 6.22. The molecule has 0 aliphatic carbocycles. The first kappa shape index (κ1) is 14.5. The Morgan fingerprint density at radius 3 is 2.50 bits per heavy atom. The average molecular weight is 307 g/mol. The van der Waals surface area contributed by atoms with Crippen molar-refractivity contribution < 1.29 is 0 Å². The van der Waals surface area contributed by atoms with Crippen LogP contribution in [-0.2, 0) is 0 Å². The van der Waals surface area contributed by atoms with Gasteiger partial charge in [0, 0.05) is 10.4 Å². The fraction of sp³-hybridized carbons (Fsp3) is 0.111. The average Bonchev–Trinajstić information content (AvgIpc) is 2.91. The van der Waals surface area contributed by atoms with Gasteiger partial charge in [0.05, 0.1) is 11.9 Å². The lowest BCUT2D eigenvalue weighted by molar-refractivity contribution is 1.28. The molecular formula is C18H17N3S. The normalized spacial score (nSPS) is 11.0. The van der Waals surface area contributed by atoms with Crippen LogP contribution in [0.5, 0.6) is 0 Å². The van der Waals surface area contributed by atoms with Crippen LogP contribution in [0.3, 0.4) is 0 Å². The number of aryl methyl sites for hydroxylation is 2. The summed E-state index contributed by atoms with van der Waals surface area (Å²) in [7, 11) is 0. The van der Waals surface area contributed by atoms with E-state index in [0.717, 1.165) is 22.0 Å². The van der Waals surface area contributed by atoms with Gasteiger partial charge >= 0.3 is 0 Å². The Bertz CT molecular complexity index is 791. The highest BCUT2D eigenvalue weighted by atomic mass is 32.1. The summed E-state index contributed by atoms with van der Waals surface area (Å²) >= 11 is 1.61. The van der Waals surface area contributed by atoms with Crippen LogP contribution in [0.25, 0.3) is 11.3 Å². The van der Waals surface area contributed by atoms with Crippen molar-refractivity contribution >= 4 is 22.7 Å². The maximum Gasteiger partial charge on any atom is 0.204 e. The molecule has 110 valence electrons. The standard InChI is InChI=1S/C18H17N3S/c1-13-8-6-7-11-16(13)12-19-21-18-20-17(14(2)22-18)15-9-4-3-5-10-15/h3-12H,1-2H3,(H,20,21)/b19-12-. The van der Waals surface area contributed by atoms with Crippen LogP contribution >= 0.6 is 11.3 Å². The van der Waals surface area contributed by atoms with Gasteiger partial charge in [0.25, 0.3) is 0 Å². The smallest absolute Gasteiger partial charge is 0.204 e. The fourth-order valence-corrected chi connectivity index (χ4v) is 2.98. The van der Waals surface area contributed by atoms with E-state index in [1.54, 1.807) is 11.3 Å². The molecule has 0 spiro atoms. The van der Waals surface area contributed by atoms with Gasteiger partial charge < -0.3 is 0 Å². The van der Waals surface area contributed by atoms with Crippen molar-refractivity contribution in [1.82, 2.24) is 4.98 Å². The molecule has 0 radical (unpaired) electrons. The van der Waals surface area contributed by atoms with Gasteiger partial charge in [-0.25, -0.2) is 4.98 Å². The lowest BCUT2D eigenvalue weighted by Gasteiger charge is -1.98. The molecule has 0 saturated carbocycles. The maximum atomic E-state index is 4.63. The largest absolute Gasteiger partial charge is 0.253 e. The van der Waals surface area contributed by atoms with Crippen molar-refractivity contribution in [2.24, 2.45) is 5.10 Å². The van der Waals surface area contributed by atoms with Gasteiger partial charge in [-0.2, -0.15) is 5.10 Å². The van der Waals surface area contributed by atoms with E-state index in [1.165, 1.54) is 10.4 Å². The summed E-state index contributed by atoms with van der Waals surface area (Å²) in [6.45, 7) is 4.15. The molecule has 0 bridgehead atoms. The Labute approximate surface area is 134 Å². The highest BCUT2D eigenvalue weighted by molar-refractivity contribution is 7.15. The second kappa shape index (κ2) is 6.54. The van der Waals surface area contributed by atoms with Crippen LogP contribution in [0.15, 0.2) is 59.7 Å². The first-order valence-corrected chi connectivity index (χ1v) is 7.93. The summed E-state index contributed by atoms with van der Waals surface area (Å²) < 4.78 is 0. The summed E-state index contributed by atoms with van der Waals surface area (Å²) in [4.78, 5) is 5.81. The lowest BCUT2D eigenvalue weighted by Crippen LogP contribution is -1.92. The second-order valence-electron chi connectivity index (χ2n) is 5.02. The number of hydrogen-bond acceptors (Lipinski definition) is 4. The van der Waals surface area contributed by atoms with Crippen molar-refractivity contribution in [2.75, 3.05) is 5.43 Å². The molecule has 3 nitrogen and oxygen atoms in total. The van der Waals surface area contributed by atoms with E-state index in [0.29, 0.717) is 0 Å². The predicted molar refractivity (Wildman–Crippen MR) is 94.7 cm³/mol. The highest BCUT2D eigenvalue weighted by Gasteiger charge is 2.08. The van der Waals surface area contributed by atoms with Gasteiger partial charge in [-0.15, -0.1) is 11.3 Å². The topological polar surface area (TPSA) is 37.3 Å².